The Morgan fingerprint density at radius 3 is 2.58 bits per heavy atom. The molecule has 0 saturated heterocycles. The van der Waals surface area contributed by atoms with E-state index < -0.39 is 0 Å². The van der Waals surface area contributed by atoms with Gasteiger partial charge >= 0.3 is 5.97 Å². The number of hydrogen-bond acceptors (Lipinski definition) is 4. The molecule has 26 heavy (non-hydrogen) atoms. The van der Waals surface area contributed by atoms with Crippen LogP contribution in [-0.2, 0) is 20.7 Å². The standard InChI is InChI=1S/C21H23NO4/c1-3-26-21(24)14-10-16-7-11-18(12-8-16)22-20(23)13-9-17-5-4-6-19(15-17)25-2/h4-8,10-12,14-15H,3,9,13H2,1-2H3,(H,22,23)/b14-10+. The van der Waals surface area contributed by atoms with Crippen LogP contribution in [0.5, 0.6) is 5.75 Å². The van der Waals surface area contributed by atoms with Gasteiger partial charge in [0.1, 0.15) is 5.75 Å². The van der Waals surface area contributed by atoms with E-state index in [0.717, 1.165) is 16.9 Å². The van der Waals surface area contributed by atoms with Gasteiger partial charge in [0, 0.05) is 18.2 Å². The number of amides is 1. The van der Waals surface area contributed by atoms with Crippen molar-refractivity contribution >= 4 is 23.6 Å². The maximum absolute atomic E-state index is 12.1. The summed E-state index contributed by atoms with van der Waals surface area (Å²) in [4.78, 5) is 23.4. The molecular weight excluding hydrogens is 330 g/mol. The first-order chi connectivity index (χ1) is 12.6. The third kappa shape index (κ3) is 6.43. The highest BCUT2D eigenvalue weighted by Gasteiger charge is 2.04. The van der Waals surface area contributed by atoms with E-state index in [1.54, 1.807) is 32.2 Å². The van der Waals surface area contributed by atoms with Crippen molar-refractivity contribution in [3.8, 4) is 5.75 Å². The molecule has 0 heterocycles. The normalized spacial score (nSPS) is 10.5. The molecule has 0 aliphatic rings. The second-order valence-electron chi connectivity index (χ2n) is 5.61. The quantitative estimate of drug-likeness (QED) is 0.578. The second kappa shape index (κ2) is 10.0. The van der Waals surface area contributed by atoms with Gasteiger partial charge in [0.05, 0.1) is 13.7 Å². The summed E-state index contributed by atoms with van der Waals surface area (Å²) in [5.41, 5.74) is 2.63. The van der Waals surface area contributed by atoms with Gasteiger partial charge in [-0.3, -0.25) is 4.79 Å². The van der Waals surface area contributed by atoms with Crippen molar-refractivity contribution in [1.29, 1.82) is 0 Å². The van der Waals surface area contributed by atoms with Gasteiger partial charge in [-0.05, 0) is 54.8 Å². The van der Waals surface area contributed by atoms with Crippen molar-refractivity contribution in [2.24, 2.45) is 0 Å². The largest absolute Gasteiger partial charge is 0.497 e. The molecule has 1 amide bonds. The van der Waals surface area contributed by atoms with Gasteiger partial charge in [-0.2, -0.15) is 0 Å². The van der Waals surface area contributed by atoms with Crippen LogP contribution in [0.15, 0.2) is 54.6 Å². The van der Waals surface area contributed by atoms with Gasteiger partial charge in [0.25, 0.3) is 0 Å². The van der Waals surface area contributed by atoms with Crippen molar-refractivity contribution in [2.75, 3.05) is 19.0 Å². The van der Waals surface area contributed by atoms with Crippen molar-refractivity contribution < 1.29 is 19.1 Å². The molecule has 2 aromatic carbocycles. The molecule has 5 nitrogen and oxygen atoms in total. The zero-order valence-corrected chi connectivity index (χ0v) is 15.0. The van der Waals surface area contributed by atoms with Crippen LogP contribution in [-0.4, -0.2) is 25.6 Å². The number of rotatable bonds is 8. The van der Waals surface area contributed by atoms with E-state index in [1.165, 1.54) is 6.08 Å². The summed E-state index contributed by atoms with van der Waals surface area (Å²) in [5.74, 6) is 0.361. The lowest BCUT2D eigenvalue weighted by Crippen LogP contribution is -2.12. The molecule has 0 aliphatic carbocycles. The lowest BCUT2D eigenvalue weighted by Gasteiger charge is -2.07. The van der Waals surface area contributed by atoms with Gasteiger partial charge in [0.2, 0.25) is 5.91 Å². The van der Waals surface area contributed by atoms with Crippen LogP contribution in [0.4, 0.5) is 5.69 Å². The Kier molecular flexibility index (Phi) is 7.43. The van der Waals surface area contributed by atoms with E-state index in [-0.39, 0.29) is 11.9 Å². The van der Waals surface area contributed by atoms with Crippen LogP contribution in [0.2, 0.25) is 0 Å². The first kappa shape index (κ1) is 19.2. The van der Waals surface area contributed by atoms with E-state index in [4.69, 9.17) is 9.47 Å². The van der Waals surface area contributed by atoms with E-state index in [2.05, 4.69) is 5.32 Å². The number of methoxy groups -OCH3 is 1. The predicted octanol–water partition coefficient (Wildman–Crippen LogP) is 3.84. The van der Waals surface area contributed by atoms with Crippen molar-refractivity contribution in [3.63, 3.8) is 0 Å². The predicted molar refractivity (Wildman–Crippen MR) is 102 cm³/mol. The number of ether oxygens (including phenoxy) is 2. The second-order valence-corrected chi connectivity index (χ2v) is 5.61. The highest BCUT2D eigenvalue weighted by Crippen LogP contribution is 2.15. The number of aryl methyl sites for hydroxylation is 1. The Balaban J connectivity index is 1.84. The van der Waals surface area contributed by atoms with E-state index in [9.17, 15) is 9.59 Å². The number of carbonyl (C=O) groups excluding carboxylic acids is 2. The SMILES string of the molecule is CCOC(=O)/C=C/c1ccc(NC(=O)CCc2cccc(OC)c2)cc1. The lowest BCUT2D eigenvalue weighted by molar-refractivity contribution is -0.137. The molecule has 0 aliphatic heterocycles. The highest BCUT2D eigenvalue weighted by molar-refractivity contribution is 5.91. The van der Waals surface area contributed by atoms with Gasteiger partial charge in [0.15, 0.2) is 0 Å². The van der Waals surface area contributed by atoms with Crippen molar-refractivity contribution in [2.45, 2.75) is 19.8 Å². The number of hydrogen-bond donors (Lipinski definition) is 1. The summed E-state index contributed by atoms with van der Waals surface area (Å²) in [7, 11) is 1.62. The summed E-state index contributed by atoms with van der Waals surface area (Å²) < 4.78 is 10.0. The van der Waals surface area contributed by atoms with E-state index in [0.29, 0.717) is 25.1 Å². The fraction of sp³-hybridized carbons (Fsp3) is 0.238. The number of esters is 1. The van der Waals surface area contributed by atoms with Crippen LogP contribution < -0.4 is 10.1 Å². The molecule has 0 fully saturated rings. The zero-order chi connectivity index (χ0) is 18.8. The minimum Gasteiger partial charge on any atom is -0.497 e. The van der Waals surface area contributed by atoms with E-state index in [1.807, 2.05) is 36.4 Å². The third-order valence-corrected chi connectivity index (χ3v) is 3.67. The van der Waals surface area contributed by atoms with Gasteiger partial charge in [-0.25, -0.2) is 4.79 Å². The summed E-state index contributed by atoms with van der Waals surface area (Å²) in [5, 5.41) is 2.87. The Morgan fingerprint density at radius 2 is 1.88 bits per heavy atom. The van der Waals surface area contributed by atoms with Crippen LogP contribution in [0.25, 0.3) is 6.08 Å². The fourth-order valence-electron chi connectivity index (χ4n) is 2.34. The molecule has 2 aromatic rings. The molecule has 2 rings (SSSR count). The van der Waals surface area contributed by atoms with Crippen LogP contribution >= 0.6 is 0 Å². The lowest BCUT2D eigenvalue weighted by atomic mass is 10.1. The van der Waals surface area contributed by atoms with E-state index >= 15 is 0 Å². The molecule has 136 valence electrons. The molecule has 0 bridgehead atoms. The minimum absolute atomic E-state index is 0.0531. The molecule has 5 heteroatoms. The number of nitrogens with one attached hydrogen (secondary N) is 1. The molecule has 0 unspecified atom stereocenters. The Bertz CT molecular complexity index is 766. The third-order valence-electron chi connectivity index (χ3n) is 3.67. The van der Waals surface area contributed by atoms with Crippen LogP contribution in [0, 0.1) is 0 Å². The number of carbonyl (C=O) groups is 2. The number of anilines is 1. The summed E-state index contributed by atoms with van der Waals surface area (Å²) >= 11 is 0. The fourth-order valence-corrected chi connectivity index (χ4v) is 2.34. The molecule has 0 aromatic heterocycles. The average Bonchev–Trinajstić information content (AvgIpc) is 2.66. The molecule has 0 saturated carbocycles. The first-order valence-corrected chi connectivity index (χ1v) is 8.48. The minimum atomic E-state index is -0.373. The molecule has 0 atom stereocenters. The summed E-state index contributed by atoms with van der Waals surface area (Å²) in [6.07, 6.45) is 4.08. The highest BCUT2D eigenvalue weighted by atomic mass is 16.5. The van der Waals surface area contributed by atoms with Gasteiger partial charge < -0.3 is 14.8 Å². The first-order valence-electron chi connectivity index (χ1n) is 8.48. The topological polar surface area (TPSA) is 64.6 Å². The monoisotopic (exact) mass is 353 g/mol. The Morgan fingerprint density at radius 1 is 1.12 bits per heavy atom. The Labute approximate surface area is 153 Å². The van der Waals surface area contributed by atoms with Gasteiger partial charge in [-0.15, -0.1) is 0 Å². The maximum Gasteiger partial charge on any atom is 0.330 e. The number of benzene rings is 2. The molecule has 1 N–H and O–H groups in total. The Hall–Kier alpha value is -3.08. The average molecular weight is 353 g/mol. The van der Waals surface area contributed by atoms with Crippen molar-refractivity contribution in [1.82, 2.24) is 0 Å². The summed E-state index contributed by atoms with van der Waals surface area (Å²) in [6.45, 7) is 2.11. The van der Waals surface area contributed by atoms with Crippen molar-refractivity contribution in [3.05, 3.63) is 65.7 Å². The molecule has 0 radical (unpaired) electrons. The van der Waals surface area contributed by atoms with Gasteiger partial charge in [-0.1, -0.05) is 24.3 Å². The zero-order valence-electron chi connectivity index (χ0n) is 15.0. The van der Waals surface area contributed by atoms with Crippen LogP contribution in [0.1, 0.15) is 24.5 Å². The van der Waals surface area contributed by atoms with Crippen LogP contribution in [0.3, 0.4) is 0 Å². The molecular formula is C21H23NO4. The smallest absolute Gasteiger partial charge is 0.330 e. The summed E-state index contributed by atoms with van der Waals surface area (Å²) in [6, 6.07) is 14.9. The molecule has 0 spiro atoms. The maximum atomic E-state index is 12.1.